The quantitative estimate of drug-likeness (QED) is 0.611. The third-order valence-electron chi connectivity index (χ3n) is 3.53. The monoisotopic (exact) mass is 304 g/mol. The number of carbonyl (C=O) groups is 1. The van der Waals surface area contributed by atoms with Gasteiger partial charge in [-0.1, -0.05) is 13.8 Å². The van der Waals surface area contributed by atoms with Crippen LogP contribution in [0.25, 0.3) is 0 Å². The minimum Gasteiger partial charge on any atom is -0.408 e. The molecule has 0 fully saturated rings. The van der Waals surface area contributed by atoms with E-state index in [1.165, 1.54) is 10.9 Å². The highest BCUT2D eigenvalue weighted by Crippen LogP contribution is 2.12. The Morgan fingerprint density at radius 3 is 2.82 bits per heavy atom. The maximum Gasteiger partial charge on any atom is 0.337 e. The highest BCUT2D eigenvalue weighted by atomic mass is 16.6. The molecule has 0 amide bonds. The molecule has 0 radical (unpaired) electrons. The van der Waals surface area contributed by atoms with Gasteiger partial charge in [-0.2, -0.15) is 0 Å². The molecule has 0 N–H and O–H groups in total. The highest BCUT2D eigenvalue weighted by Gasteiger charge is 2.25. The van der Waals surface area contributed by atoms with Crippen LogP contribution < -0.4 is 5.56 Å². The van der Waals surface area contributed by atoms with Crippen LogP contribution in [-0.2, 0) is 16.1 Å². The lowest BCUT2D eigenvalue weighted by Gasteiger charge is -2.07. The Balaban J connectivity index is 2.21. The lowest BCUT2D eigenvalue weighted by atomic mass is 10.1. The smallest absolute Gasteiger partial charge is 0.337 e. The molecule has 1 aromatic heterocycles. The number of nitrogens with zero attached hydrogens (tertiary/aromatic N) is 4. The van der Waals surface area contributed by atoms with Crippen LogP contribution in [0.1, 0.15) is 32.8 Å². The molecule has 1 aromatic rings. The molecule has 22 heavy (non-hydrogen) atoms. The van der Waals surface area contributed by atoms with E-state index < -0.39 is 12.0 Å². The predicted octanol–water partition coefficient (Wildman–Crippen LogP) is 1.64. The minimum atomic E-state index is -0.515. The minimum absolute atomic E-state index is 0.0953. The molecule has 7 heteroatoms. The topological polar surface area (TPSA) is 85.9 Å². The molecule has 1 aliphatic heterocycles. The molecule has 2 unspecified atom stereocenters. The van der Waals surface area contributed by atoms with Crippen molar-refractivity contribution in [2.75, 3.05) is 0 Å². The van der Waals surface area contributed by atoms with Crippen LogP contribution in [0.2, 0.25) is 0 Å². The second kappa shape index (κ2) is 6.64. The van der Waals surface area contributed by atoms with Gasteiger partial charge in [-0.05, 0) is 26.2 Å². The summed E-state index contributed by atoms with van der Waals surface area (Å²) in [6, 6.07) is -0.515. The van der Waals surface area contributed by atoms with E-state index in [1.807, 2.05) is 6.92 Å². The van der Waals surface area contributed by atoms with E-state index in [2.05, 4.69) is 21.9 Å². The van der Waals surface area contributed by atoms with Gasteiger partial charge >= 0.3 is 5.97 Å². The normalized spacial score (nSPS) is 19.4. The lowest BCUT2D eigenvalue weighted by Crippen LogP contribution is -2.26. The zero-order valence-electron chi connectivity index (χ0n) is 13.2. The van der Waals surface area contributed by atoms with Gasteiger partial charge in [0.25, 0.3) is 5.56 Å². The summed E-state index contributed by atoms with van der Waals surface area (Å²) in [5, 5.41) is 0. The maximum absolute atomic E-state index is 12.3. The number of hydrogen-bond donors (Lipinski definition) is 0. The van der Waals surface area contributed by atoms with E-state index in [-0.39, 0.29) is 18.0 Å². The Bertz CT molecular complexity index is 691. The van der Waals surface area contributed by atoms with Crippen molar-refractivity contribution in [1.82, 2.24) is 9.55 Å². The first kappa shape index (κ1) is 16.1. The number of cyclic esters (lactones) is 1. The standard InChI is InChI=1S/C15H20N4O3/c1-5-9(2)6-16-13-10(3)14(20)19(8-17-13)7-12-18-11(4)15(21)22-12/h6,8-9,11H,5,7H2,1-4H3/b16-6-. The van der Waals surface area contributed by atoms with Gasteiger partial charge in [0.2, 0.25) is 5.90 Å². The SMILES string of the molecule is CCC(C)/C=N\c1ncn(CC2=NC(C)C(=O)O2)c(=O)c1C. The van der Waals surface area contributed by atoms with Crippen molar-refractivity contribution in [1.29, 1.82) is 0 Å². The van der Waals surface area contributed by atoms with Gasteiger partial charge < -0.3 is 4.74 Å². The molecule has 0 aliphatic carbocycles. The van der Waals surface area contributed by atoms with Crippen LogP contribution >= 0.6 is 0 Å². The number of hydrogen-bond acceptors (Lipinski definition) is 6. The Kier molecular flexibility index (Phi) is 4.85. The van der Waals surface area contributed by atoms with E-state index in [0.29, 0.717) is 17.3 Å². The van der Waals surface area contributed by atoms with Crippen molar-refractivity contribution in [2.24, 2.45) is 15.9 Å². The van der Waals surface area contributed by atoms with Gasteiger partial charge in [0.1, 0.15) is 18.9 Å². The molecular formula is C15H20N4O3. The van der Waals surface area contributed by atoms with Crippen molar-refractivity contribution in [3.05, 3.63) is 22.2 Å². The van der Waals surface area contributed by atoms with E-state index in [4.69, 9.17) is 4.74 Å². The van der Waals surface area contributed by atoms with Crippen molar-refractivity contribution >= 4 is 23.9 Å². The third kappa shape index (κ3) is 3.47. The van der Waals surface area contributed by atoms with Crippen LogP contribution in [0.4, 0.5) is 5.82 Å². The zero-order valence-corrected chi connectivity index (χ0v) is 13.2. The molecule has 2 rings (SSSR count). The van der Waals surface area contributed by atoms with Gasteiger partial charge in [-0.3, -0.25) is 9.36 Å². The average Bonchev–Trinajstić information content (AvgIpc) is 2.81. The van der Waals surface area contributed by atoms with Crippen molar-refractivity contribution in [2.45, 2.75) is 46.7 Å². The molecule has 0 aromatic carbocycles. The summed E-state index contributed by atoms with van der Waals surface area (Å²) >= 11 is 0. The second-order valence-corrected chi connectivity index (χ2v) is 5.41. The Labute approximate surface area is 128 Å². The fourth-order valence-corrected chi connectivity index (χ4v) is 1.85. The number of carbonyl (C=O) groups excluding carboxylic acids is 1. The Hall–Kier alpha value is -2.31. The van der Waals surface area contributed by atoms with Crippen LogP contribution in [0.15, 0.2) is 21.1 Å². The number of ether oxygens (including phenoxy) is 1. The Morgan fingerprint density at radius 1 is 1.50 bits per heavy atom. The zero-order chi connectivity index (χ0) is 16.3. The van der Waals surface area contributed by atoms with Gasteiger partial charge in [0.05, 0.1) is 5.56 Å². The fraction of sp³-hybridized carbons (Fsp3) is 0.533. The fourth-order valence-electron chi connectivity index (χ4n) is 1.85. The van der Waals surface area contributed by atoms with Crippen molar-refractivity contribution in [3.8, 4) is 0 Å². The number of rotatable bonds is 5. The molecule has 118 valence electrons. The van der Waals surface area contributed by atoms with Crippen LogP contribution in [0.5, 0.6) is 0 Å². The first-order valence-electron chi connectivity index (χ1n) is 7.31. The summed E-state index contributed by atoms with van der Waals surface area (Å²) in [4.78, 5) is 36.1. The number of aromatic nitrogens is 2. The third-order valence-corrected chi connectivity index (χ3v) is 3.53. The molecule has 0 spiro atoms. The van der Waals surface area contributed by atoms with Crippen molar-refractivity contribution in [3.63, 3.8) is 0 Å². The van der Waals surface area contributed by atoms with Gasteiger partial charge in [-0.25, -0.2) is 19.8 Å². The van der Waals surface area contributed by atoms with Crippen molar-refractivity contribution < 1.29 is 9.53 Å². The first-order valence-corrected chi connectivity index (χ1v) is 7.31. The first-order chi connectivity index (χ1) is 10.4. The van der Waals surface area contributed by atoms with E-state index in [1.54, 1.807) is 20.1 Å². The van der Waals surface area contributed by atoms with E-state index in [9.17, 15) is 9.59 Å². The van der Waals surface area contributed by atoms with Gasteiger partial charge in [0.15, 0.2) is 5.82 Å². The summed E-state index contributed by atoms with van der Waals surface area (Å²) in [7, 11) is 0. The molecule has 0 saturated carbocycles. The molecule has 0 saturated heterocycles. The molecule has 0 bridgehead atoms. The number of aliphatic imine (C=N–C) groups is 2. The number of esters is 1. The average molecular weight is 304 g/mol. The second-order valence-electron chi connectivity index (χ2n) is 5.41. The molecule has 2 atom stereocenters. The summed E-state index contributed by atoms with van der Waals surface area (Å²) in [5.41, 5.74) is 0.240. The van der Waals surface area contributed by atoms with Gasteiger partial charge in [-0.15, -0.1) is 0 Å². The van der Waals surface area contributed by atoms with Crippen LogP contribution in [0, 0.1) is 12.8 Å². The van der Waals surface area contributed by atoms with E-state index in [0.717, 1.165) is 6.42 Å². The summed E-state index contributed by atoms with van der Waals surface area (Å²) in [6.45, 7) is 7.54. The lowest BCUT2D eigenvalue weighted by molar-refractivity contribution is -0.134. The Morgan fingerprint density at radius 2 is 2.23 bits per heavy atom. The van der Waals surface area contributed by atoms with E-state index >= 15 is 0 Å². The highest BCUT2D eigenvalue weighted by molar-refractivity contribution is 5.96. The maximum atomic E-state index is 12.3. The van der Waals surface area contributed by atoms with Crippen LogP contribution in [-0.4, -0.2) is 33.7 Å². The molecule has 7 nitrogen and oxygen atoms in total. The largest absolute Gasteiger partial charge is 0.408 e. The molecule has 1 aliphatic rings. The molecule has 2 heterocycles. The predicted molar refractivity (Wildman–Crippen MR) is 83.8 cm³/mol. The van der Waals surface area contributed by atoms with Crippen LogP contribution in [0.3, 0.4) is 0 Å². The summed E-state index contributed by atoms with van der Waals surface area (Å²) < 4.78 is 6.35. The summed E-state index contributed by atoms with van der Waals surface area (Å²) in [6.07, 6.45) is 4.17. The van der Waals surface area contributed by atoms with Gasteiger partial charge in [0, 0.05) is 6.21 Å². The molecular weight excluding hydrogens is 284 g/mol. The summed E-state index contributed by atoms with van der Waals surface area (Å²) in [5.74, 6) is 0.580.